The van der Waals surface area contributed by atoms with Gasteiger partial charge in [0.15, 0.2) is 0 Å². The predicted octanol–water partition coefficient (Wildman–Crippen LogP) is 0.801. The molecule has 13 heavy (non-hydrogen) atoms. The predicted molar refractivity (Wildman–Crippen MR) is 52.5 cm³/mol. The van der Waals surface area contributed by atoms with Crippen LogP contribution in [-0.2, 0) is 0 Å². The highest BCUT2D eigenvalue weighted by Crippen LogP contribution is 2.27. The SMILES string of the molecule is CN1CCCC(c2[nH]ncc2N)C1. The molecule has 0 amide bonds. The summed E-state index contributed by atoms with van der Waals surface area (Å²) in [6.07, 6.45) is 4.17. The molecular weight excluding hydrogens is 164 g/mol. The Labute approximate surface area is 78.1 Å². The number of nitrogens with one attached hydrogen (secondary N) is 1. The van der Waals surface area contributed by atoms with Crippen LogP contribution in [0.15, 0.2) is 6.20 Å². The maximum atomic E-state index is 5.80. The lowest BCUT2D eigenvalue weighted by atomic mass is 9.94. The molecule has 1 aromatic heterocycles. The molecule has 0 saturated carbocycles. The Morgan fingerprint density at radius 2 is 2.54 bits per heavy atom. The van der Waals surface area contributed by atoms with Gasteiger partial charge in [-0.2, -0.15) is 5.10 Å². The van der Waals surface area contributed by atoms with Crippen molar-refractivity contribution in [1.29, 1.82) is 0 Å². The van der Waals surface area contributed by atoms with Crippen molar-refractivity contribution in [2.75, 3.05) is 25.9 Å². The zero-order valence-electron chi connectivity index (χ0n) is 7.95. The van der Waals surface area contributed by atoms with Crippen LogP contribution in [0.25, 0.3) is 0 Å². The molecule has 0 aromatic carbocycles. The average Bonchev–Trinajstić information content (AvgIpc) is 2.51. The van der Waals surface area contributed by atoms with E-state index in [9.17, 15) is 0 Å². The molecule has 0 aliphatic carbocycles. The Hall–Kier alpha value is -1.03. The number of likely N-dealkylation sites (tertiary alicyclic amines) is 1. The van der Waals surface area contributed by atoms with Gasteiger partial charge in [-0.05, 0) is 26.4 Å². The van der Waals surface area contributed by atoms with E-state index in [-0.39, 0.29) is 0 Å². The number of likely N-dealkylation sites (N-methyl/N-ethyl adjacent to an activating group) is 1. The van der Waals surface area contributed by atoms with Crippen molar-refractivity contribution in [3.63, 3.8) is 0 Å². The second-order valence-corrected chi connectivity index (χ2v) is 3.84. The molecule has 4 nitrogen and oxygen atoms in total. The monoisotopic (exact) mass is 180 g/mol. The smallest absolute Gasteiger partial charge is 0.0733 e. The fourth-order valence-corrected chi connectivity index (χ4v) is 2.03. The Balaban J connectivity index is 2.12. The third-order valence-electron chi connectivity index (χ3n) is 2.73. The molecule has 1 fully saturated rings. The molecule has 0 bridgehead atoms. The number of H-pyrrole nitrogens is 1. The lowest BCUT2D eigenvalue weighted by molar-refractivity contribution is 0.249. The summed E-state index contributed by atoms with van der Waals surface area (Å²) in [5, 5.41) is 6.95. The number of anilines is 1. The highest BCUT2D eigenvalue weighted by molar-refractivity contribution is 5.42. The first-order valence-electron chi connectivity index (χ1n) is 4.74. The van der Waals surface area contributed by atoms with Gasteiger partial charge in [0, 0.05) is 12.5 Å². The molecule has 1 aliphatic heterocycles. The fourth-order valence-electron chi connectivity index (χ4n) is 2.03. The molecule has 1 aromatic rings. The molecule has 0 radical (unpaired) electrons. The number of hydrogen-bond acceptors (Lipinski definition) is 3. The van der Waals surface area contributed by atoms with Gasteiger partial charge in [-0.15, -0.1) is 0 Å². The van der Waals surface area contributed by atoms with E-state index in [1.54, 1.807) is 6.20 Å². The van der Waals surface area contributed by atoms with Gasteiger partial charge in [0.25, 0.3) is 0 Å². The molecule has 2 heterocycles. The van der Waals surface area contributed by atoms with Crippen molar-refractivity contribution in [2.24, 2.45) is 0 Å². The molecular formula is C9H16N4. The van der Waals surface area contributed by atoms with Gasteiger partial charge in [-0.3, -0.25) is 5.10 Å². The van der Waals surface area contributed by atoms with Crippen molar-refractivity contribution >= 4 is 5.69 Å². The summed E-state index contributed by atoms with van der Waals surface area (Å²) in [6.45, 7) is 2.29. The Morgan fingerprint density at radius 3 is 3.15 bits per heavy atom. The minimum Gasteiger partial charge on any atom is -0.396 e. The lowest BCUT2D eigenvalue weighted by Gasteiger charge is -2.29. The van der Waals surface area contributed by atoms with Crippen molar-refractivity contribution in [2.45, 2.75) is 18.8 Å². The van der Waals surface area contributed by atoms with Gasteiger partial charge >= 0.3 is 0 Å². The van der Waals surface area contributed by atoms with Crippen LogP contribution < -0.4 is 5.73 Å². The molecule has 1 unspecified atom stereocenters. The van der Waals surface area contributed by atoms with Crippen LogP contribution in [0.2, 0.25) is 0 Å². The van der Waals surface area contributed by atoms with Crippen molar-refractivity contribution in [3.8, 4) is 0 Å². The van der Waals surface area contributed by atoms with Crippen molar-refractivity contribution in [1.82, 2.24) is 15.1 Å². The second kappa shape index (κ2) is 3.38. The van der Waals surface area contributed by atoms with Gasteiger partial charge in [0.2, 0.25) is 0 Å². The summed E-state index contributed by atoms with van der Waals surface area (Å²) in [5.74, 6) is 0.543. The van der Waals surface area contributed by atoms with Crippen LogP contribution in [0.5, 0.6) is 0 Å². The summed E-state index contributed by atoms with van der Waals surface area (Å²) >= 11 is 0. The molecule has 4 heteroatoms. The summed E-state index contributed by atoms with van der Waals surface area (Å²) in [7, 11) is 2.15. The van der Waals surface area contributed by atoms with Crippen molar-refractivity contribution in [3.05, 3.63) is 11.9 Å². The minimum atomic E-state index is 0.543. The number of nitrogen functional groups attached to an aromatic ring is 1. The highest BCUT2D eigenvalue weighted by atomic mass is 15.1. The number of nitrogens with zero attached hydrogens (tertiary/aromatic N) is 2. The average molecular weight is 180 g/mol. The van der Waals surface area contributed by atoms with Gasteiger partial charge in [0.1, 0.15) is 0 Å². The van der Waals surface area contributed by atoms with Crippen LogP contribution in [0.3, 0.4) is 0 Å². The largest absolute Gasteiger partial charge is 0.396 e. The summed E-state index contributed by atoms with van der Waals surface area (Å²) < 4.78 is 0. The summed E-state index contributed by atoms with van der Waals surface area (Å²) in [5.41, 5.74) is 7.73. The minimum absolute atomic E-state index is 0.543. The van der Waals surface area contributed by atoms with Gasteiger partial charge in [0.05, 0.1) is 17.6 Å². The first-order chi connectivity index (χ1) is 6.27. The number of nitrogens with two attached hydrogens (primary N) is 1. The van der Waals surface area contributed by atoms with E-state index in [1.807, 2.05) is 0 Å². The fraction of sp³-hybridized carbons (Fsp3) is 0.667. The molecule has 3 N–H and O–H groups in total. The Bertz CT molecular complexity index is 281. The van der Waals surface area contributed by atoms with Crippen LogP contribution >= 0.6 is 0 Å². The number of aromatic amines is 1. The third kappa shape index (κ3) is 1.67. The normalized spacial score (nSPS) is 24.8. The Morgan fingerprint density at radius 1 is 1.69 bits per heavy atom. The number of hydrogen-bond donors (Lipinski definition) is 2. The topological polar surface area (TPSA) is 57.9 Å². The van der Waals surface area contributed by atoms with Gasteiger partial charge in [-0.25, -0.2) is 0 Å². The maximum absolute atomic E-state index is 5.80. The maximum Gasteiger partial charge on any atom is 0.0733 e. The summed E-state index contributed by atoms with van der Waals surface area (Å²) in [4.78, 5) is 2.34. The van der Waals surface area contributed by atoms with E-state index in [0.717, 1.165) is 17.9 Å². The molecule has 1 saturated heterocycles. The van der Waals surface area contributed by atoms with Crippen LogP contribution in [0, 0.1) is 0 Å². The molecule has 2 rings (SSSR count). The number of aromatic nitrogens is 2. The van der Waals surface area contributed by atoms with E-state index in [0.29, 0.717) is 5.92 Å². The second-order valence-electron chi connectivity index (χ2n) is 3.84. The summed E-state index contributed by atoms with van der Waals surface area (Å²) in [6, 6.07) is 0. The quantitative estimate of drug-likeness (QED) is 0.672. The number of rotatable bonds is 1. The standard InChI is InChI=1S/C9H16N4/c1-13-4-2-3-7(6-13)9-8(10)5-11-12-9/h5,7H,2-4,6,10H2,1H3,(H,11,12). The molecule has 1 aliphatic rings. The van der Waals surface area contributed by atoms with E-state index in [1.165, 1.54) is 19.4 Å². The lowest BCUT2D eigenvalue weighted by Crippen LogP contribution is -2.31. The zero-order valence-corrected chi connectivity index (χ0v) is 7.95. The molecule has 1 atom stereocenters. The zero-order chi connectivity index (χ0) is 9.26. The van der Waals surface area contributed by atoms with Crippen LogP contribution in [-0.4, -0.2) is 35.2 Å². The van der Waals surface area contributed by atoms with Crippen molar-refractivity contribution < 1.29 is 0 Å². The van der Waals surface area contributed by atoms with Crippen LogP contribution in [0.1, 0.15) is 24.5 Å². The first-order valence-corrected chi connectivity index (χ1v) is 4.74. The molecule has 72 valence electrons. The highest BCUT2D eigenvalue weighted by Gasteiger charge is 2.21. The third-order valence-corrected chi connectivity index (χ3v) is 2.73. The first kappa shape index (κ1) is 8.56. The number of piperidine rings is 1. The van der Waals surface area contributed by atoms with E-state index in [4.69, 9.17) is 5.73 Å². The van der Waals surface area contributed by atoms with E-state index >= 15 is 0 Å². The van der Waals surface area contributed by atoms with E-state index in [2.05, 4.69) is 22.1 Å². The Kier molecular flexibility index (Phi) is 2.22. The van der Waals surface area contributed by atoms with E-state index < -0.39 is 0 Å². The molecule has 0 spiro atoms. The van der Waals surface area contributed by atoms with Gasteiger partial charge < -0.3 is 10.6 Å². The van der Waals surface area contributed by atoms with Gasteiger partial charge in [-0.1, -0.05) is 0 Å². The van der Waals surface area contributed by atoms with Crippen LogP contribution in [0.4, 0.5) is 5.69 Å².